The van der Waals surface area contributed by atoms with Gasteiger partial charge in [0.05, 0.1) is 13.3 Å². The van der Waals surface area contributed by atoms with E-state index in [-0.39, 0.29) is 10.1 Å². The summed E-state index contributed by atoms with van der Waals surface area (Å²) in [6.07, 6.45) is 1.29. The molecule has 0 saturated carbocycles. The number of esters is 1. The molecule has 0 bridgehead atoms. The SMILES string of the molecule is COC(=O)C(C)(C)N(c1cnc(N)s1)S(=O)[O-]. The van der Waals surface area contributed by atoms with E-state index in [1.54, 1.807) is 0 Å². The number of aromatic nitrogens is 1. The molecule has 1 aromatic heterocycles. The van der Waals surface area contributed by atoms with Crippen molar-refractivity contribution >= 4 is 38.7 Å². The van der Waals surface area contributed by atoms with Crippen LogP contribution in [0.15, 0.2) is 6.20 Å². The summed E-state index contributed by atoms with van der Waals surface area (Å²) in [6, 6.07) is 0. The minimum absolute atomic E-state index is 0.219. The summed E-state index contributed by atoms with van der Waals surface area (Å²) in [5.41, 5.74) is 4.07. The fraction of sp³-hybridized carbons (Fsp3) is 0.500. The molecule has 1 rings (SSSR count). The summed E-state index contributed by atoms with van der Waals surface area (Å²) < 4.78 is 27.9. The lowest BCUT2D eigenvalue weighted by molar-refractivity contribution is -0.145. The standard InChI is InChI=1S/C8H13N3O4S2/c1-8(2,6(12)15-3)11(17(13)14)5-4-10-7(9)16-5/h4H,1-3H3,(H2,9,10)(H,13,14)/p-1. The minimum atomic E-state index is -2.64. The van der Waals surface area contributed by atoms with Crippen LogP contribution < -0.4 is 10.0 Å². The van der Waals surface area contributed by atoms with Gasteiger partial charge in [-0.2, -0.15) is 0 Å². The lowest BCUT2D eigenvalue weighted by Crippen LogP contribution is -2.51. The van der Waals surface area contributed by atoms with Gasteiger partial charge in [-0.3, -0.25) is 8.51 Å². The first-order valence-electron chi connectivity index (χ1n) is 4.50. The van der Waals surface area contributed by atoms with E-state index in [1.807, 2.05) is 0 Å². The molecule has 7 nitrogen and oxygen atoms in total. The number of thiazole rings is 1. The average Bonchev–Trinajstić information content (AvgIpc) is 2.62. The second kappa shape index (κ2) is 4.98. The smallest absolute Gasteiger partial charge is 0.332 e. The van der Waals surface area contributed by atoms with Crippen molar-refractivity contribution in [1.29, 1.82) is 0 Å². The fourth-order valence-electron chi connectivity index (χ4n) is 1.24. The zero-order valence-corrected chi connectivity index (χ0v) is 11.1. The largest absolute Gasteiger partial charge is 0.755 e. The van der Waals surface area contributed by atoms with Crippen LogP contribution in [-0.4, -0.2) is 32.4 Å². The van der Waals surface area contributed by atoms with Gasteiger partial charge in [-0.05, 0) is 13.8 Å². The van der Waals surface area contributed by atoms with Crippen LogP contribution in [0.1, 0.15) is 13.8 Å². The molecule has 0 fully saturated rings. The van der Waals surface area contributed by atoms with Crippen LogP contribution in [0.5, 0.6) is 0 Å². The van der Waals surface area contributed by atoms with Crippen LogP contribution >= 0.6 is 11.3 Å². The Morgan fingerprint density at radius 2 is 2.29 bits per heavy atom. The first-order chi connectivity index (χ1) is 7.80. The van der Waals surface area contributed by atoms with Crippen molar-refractivity contribution in [1.82, 2.24) is 4.98 Å². The van der Waals surface area contributed by atoms with E-state index in [2.05, 4.69) is 9.72 Å². The maximum absolute atomic E-state index is 11.6. The van der Waals surface area contributed by atoms with Crippen molar-refractivity contribution in [2.45, 2.75) is 19.4 Å². The monoisotopic (exact) mass is 278 g/mol. The maximum Gasteiger partial charge on any atom is 0.332 e. The molecule has 1 atom stereocenters. The normalized spacial score (nSPS) is 13.2. The number of nitrogen functional groups attached to an aromatic ring is 1. The molecule has 0 saturated heterocycles. The van der Waals surface area contributed by atoms with Gasteiger partial charge >= 0.3 is 5.97 Å². The predicted octanol–water partition coefficient (Wildman–Crippen LogP) is 0.277. The van der Waals surface area contributed by atoms with Gasteiger partial charge in [0.25, 0.3) is 0 Å². The van der Waals surface area contributed by atoms with Crippen molar-refractivity contribution in [3.05, 3.63) is 6.20 Å². The number of carbonyl (C=O) groups excluding carboxylic acids is 1. The zero-order valence-electron chi connectivity index (χ0n) is 9.50. The number of rotatable bonds is 4. The van der Waals surface area contributed by atoms with Crippen molar-refractivity contribution in [3.8, 4) is 0 Å². The van der Waals surface area contributed by atoms with Crippen LogP contribution in [0.3, 0.4) is 0 Å². The van der Waals surface area contributed by atoms with Crippen LogP contribution in [0, 0.1) is 0 Å². The summed E-state index contributed by atoms with van der Waals surface area (Å²) in [7, 11) is 1.19. The fourth-order valence-corrected chi connectivity index (χ4v) is 2.91. The molecule has 9 heteroatoms. The molecule has 17 heavy (non-hydrogen) atoms. The number of nitrogens with two attached hydrogens (primary N) is 1. The molecule has 0 aromatic carbocycles. The first-order valence-corrected chi connectivity index (χ1v) is 6.35. The van der Waals surface area contributed by atoms with E-state index in [4.69, 9.17) is 5.73 Å². The van der Waals surface area contributed by atoms with Crippen LogP contribution in [0.4, 0.5) is 10.1 Å². The predicted molar refractivity (Wildman–Crippen MR) is 64.0 cm³/mol. The number of hydrogen-bond donors (Lipinski definition) is 1. The third-order valence-electron chi connectivity index (χ3n) is 2.05. The topological polar surface area (TPSA) is 109 Å². The van der Waals surface area contributed by atoms with Gasteiger partial charge in [-0.15, -0.1) is 0 Å². The van der Waals surface area contributed by atoms with Crippen molar-refractivity contribution in [3.63, 3.8) is 0 Å². The lowest BCUT2D eigenvalue weighted by Gasteiger charge is -2.36. The molecule has 0 spiro atoms. The molecule has 0 radical (unpaired) electrons. The Morgan fingerprint density at radius 1 is 1.71 bits per heavy atom. The Bertz CT molecular complexity index is 446. The number of hydrogen-bond acceptors (Lipinski definition) is 7. The van der Waals surface area contributed by atoms with E-state index in [0.717, 1.165) is 15.6 Å². The third kappa shape index (κ3) is 2.73. The highest BCUT2D eigenvalue weighted by Crippen LogP contribution is 2.32. The molecule has 0 amide bonds. The highest BCUT2D eigenvalue weighted by molar-refractivity contribution is 7.81. The summed E-state index contributed by atoms with van der Waals surface area (Å²) in [5.74, 6) is -0.673. The van der Waals surface area contributed by atoms with E-state index < -0.39 is 22.8 Å². The Labute approximate surface area is 105 Å². The van der Waals surface area contributed by atoms with Crippen LogP contribution in [0.2, 0.25) is 0 Å². The summed E-state index contributed by atoms with van der Waals surface area (Å²) in [6.45, 7) is 2.87. The molecule has 96 valence electrons. The average molecular weight is 278 g/mol. The Kier molecular flexibility index (Phi) is 4.07. The van der Waals surface area contributed by atoms with Gasteiger partial charge in [0.1, 0.15) is 10.5 Å². The number of methoxy groups -OCH3 is 1. The van der Waals surface area contributed by atoms with E-state index in [9.17, 15) is 13.6 Å². The molecule has 0 aliphatic heterocycles. The maximum atomic E-state index is 11.6. The first kappa shape index (κ1) is 13.9. The van der Waals surface area contributed by atoms with Gasteiger partial charge in [0.2, 0.25) is 0 Å². The summed E-state index contributed by atoms with van der Waals surface area (Å²) in [4.78, 5) is 15.3. The van der Waals surface area contributed by atoms with Gasteiger partial charge in [-0.1, -0.05) is 11.3 Å². The van der Waals surface area contributed by atoms with E-state index >= 15 is 0 Å². The molecule has 0 aliphatic rings. The van der Waals surface area contributed by atoms with Gasteiger partial charge in [0, 0.05) is 11.3 Å². The number of carbonyl (C=O) groups is 1. The molecule has 0 aliphatic carbocycles. The Morgan fingerprint density at radius 3 is 2.65 bits per heavy atom. The molecular formula is C8H12N3O4S2-. The van der Waals surface area contributed by atoms with Crippen molar-refractivity contribution in [2.75, 3.05) is 17.1 Å². The zero-order chi connectivity index (χ0) is 13.2. The van der Waals surface area contributed by atoms with Crippen molar-refractivity contribution in [2.24, 2.45) is 0 Å². The second-order valence-electron chi connectivity index (χ2n) is 3.60. The highest BCUT2D eigenvalue weighted by atomic mass is 32.2. The summed E-state index contributed by atoms with van der Waals surface area (Å²) in [5, 5.41) is 0.474. The quantitative estimate of drug-likeness (QED) is 0.625. The molecule has 1 heterocycles. The minimum Gasteiger partial charge on any atom is -0.755 e. The number of anilines is 2. The third-order valence-corrected chi connectivity index (χ3v) is 3.93. The summed E-state index contributed by atoms with van der Waals surface area (Å²) >= 11 is -1.66. The highest BCUT2D eigenvalue weighted by Gasteiger charge is 2.38. The van der Waals surface area contributed by atoms with Crippen LogP contribution in [0.25, 0.3) is 0 Å². The number of ether oxygens (including phenoxy) is 1. The van der Waals surface area contributed by atoms with E-state index in [0.29, 0.717) is 0 Å². The molecular weight excluding hydrogens is 266 g/mol. The Hall–Kier alpha value is -1.19. The lowest BCUT2D eigenvalue weighted by atomic mass is 10.1. The Balaban J connectivity index is 3.18. The second-order valence-corrected chi connectivity index (χ2v) is 5.44. The van der Waals surface area contributed by atoms with Gasteiger partial charge < -0.3 is 15.0 Å². The van der Waals surface area contributed by atoms with Gasteiger partial charge in [-0.25, -0.2) is 9.78 Å². The molecule has 1 unspecified atom stereocenters. The number of nitrogens with zero attached hydrogens (tertiary/aromatic N) is 2. The van der Waals surface area contributed by atoms with Gasteiger partial charge in [0.15, 0.2) is 5.13 Å². The van der Waals surface area contributed by atoms with Crippen molar-refractivity contribution < 1.29 is 18.3 Å². The molecule has 2 N–H and O–H groups in total. The van der Waals surface area contributed by atoms with E-state index in [1.165, 1.54) is 27.2 Å². The van der Waals surface area contributed by atoms with Crippen LogP contribution in [-0.2, 0) is 20.8 Å². The molecule has 1 aromatic rings.